The van der Waals surface area contributed by atoms with E-state index in [1.807, 2.05) is 6.07 Å². The van der Waals surface area contributed by atoms with E-state index in [1.165, 1.54) is 49.9 Å². The van der Waals surface area contributed by atoms with Gasteiger partial charge in [0.05, 0.1) is 26.0 Å². The second kappa shape index (κ2) is 10.7. The predicted octanol–water partition coefficient (Wildman–Crippen LogP) is 5.90. The van der Waals surface area contributed by atoms with Gasteiger partial charge in [0.2, 0.25) is 0 Å². The number of furan rings is 1. The van der Waals surface area contributed by atoms with Crippen LogP contribution >= 0.6 is 0 Å². The smallest absolute Gasteiger partial charge is 0.117 e. The number of anilines is 2. The summed E-state index contributed by atoms with van der Waals surface area (Å²) in [6, 6.07) is 11.4. The lowest BCUT2D eigenvalue weighted by molar-refractivity contribution is 0.122. The van der Waals surface area contributed by atoms with E-state index in [0.29, 0.717) is 11.3 Å². The first-order valence-corrected chi connectivity index (χ1v) is 13.7. The second-order valence-corrected chi connectivity index (χ2v) is 10.7. The summed E-state index contributed by atoms with van der Waals surface area (Å²) < 4.78 is 11.2. The van der Waals surface area contributed by atoms with Crippen molar-refractivity contribution in [3.8, 4) is 0 Å². The van der Waals surface area contributed by atoms with Gasteiger partial charge in [-0.3, -0.25) is 4.90 Å². The molecular formula is C29H43N3O2. The van der Waals surface area contributed by atoms with Crippen molar-refractivity contribution in [2.75, 3.05) is 62.3 Å². The minimum Gasteiger partial charge on any atom is -0.468 e. The van der Waals surface area contributed by atoms with Gasteiger partial charge in [0, 0.05) is 50.6 Å². The molecule has 0 unspecified atom stereocenters. The standard InChI is InChI=1S/C29H43N3O2/c1-3-29(4-2)11-9-24(10-12-29)27-22-25(31-17-20-33-21-18-31)7-8-28(27)32-15-13-30(14-16-32)23-26-6-5-19-34-26/h5-8,19,22,24H,3-4,9-18,20-21,23H2,1-2H3. The van der Waals surface area contributed by atoms with Gasteiger partial charge in [-0.1, -0.05) is 26.7 Å². The Labute approximate surface area is 206 Å². The normalized spacial score (nSPS) is 22.3. The Hall–Kier alpha value is -1.98. The third kappa shape index (κ3) is 5.16. The lowest BCUT2D eigenvalue weighted by atomic mass is 9.66. The number of morpholine rings is 1. The molecular weight excluding hydrogens is 422 g/mol. The zero-order chi connectivity index (χ0) is 23.4. The fourth-order valence-corrected chi connectivity index (χ4v) is 6.44. The highest BCUT2D eigenvalue weighted by molar-refractivity contribution is 5.63. The minimum atomic E-state index is 0.579. The topological polar surface area (TPSA) is 32.1 Å². The average Bonchev–Trinajstić information content (AvgIpc) is 3.42. The van der Waals surface area contributed by atoms with Crippen LogP contribution in [0.5, 0.6) is 0 Å². The van der Waals surface area contributed by atoms with Gasteiger partial charge in [0.25, 0.3) is 0 Å². The number of hydrogen-bond acceptors (Lipinski definition) is 5. The van der Waals surface area contributed by atoms with Crippen LogP contribution in [0.15, 0.2) is 41.0 Å². The van der Waals surface area contributed by atoms with E-state index in [2.05, 4.69) is 52.8 Å². The maximum atomic E-state index is 5.62. The van der Waals surface area contributed by atoms with Gasteiger partial charge in [0.15, 0.2) is 0 Å². The summed E-state index contributed by atoms with van der Waals surface area (Å²) in [6.07, 6.45) is 9.86. The second-order valence-electron chi connectivity index (χ2n) is 10.7. The van der Waals surface area contributed by atoms with Gasteiger partial charge < -0.3 is 19.0 Å². The molecule has 2 saturated heterocycles. The number of piperazine rings is 1. The summed E-state index contributed by atoms with van der Waals surface area (Å²) in [5, 5.41) is 0. The van der Waals surface area contributed by atoms with Crippen molar-refractivity contribution in [2.45, 2.75) is 64.8 Å². The van der Waals surface area contributed by atoms with Crippen LogP contribution in [0.1, 0.15) is 69.6 Å². The van der Waals surface area contributed by atoms with Crippen molar-refractivity contribution >= 4 is 11.4 Å². The molecule has 0 atom stereocenters. The summed E-state index contributed by atoms with van der Waals surface area (Å²) in [6.45, 7) is 13.8. The Morgan fingerprint density at radius 1 is 0.882 bits per heavy atom. The monoisotopic (exact) mass is 465 g/mol. The molecule has 2 aromatic rings. The van der Waals surface area contributed by atoms with E-state index in [0.717, 1.165) is 64.8 Å². The van der Waals surface area contributed by atoms with E-state index in [1.54, 1.807) is 11.8 Å². The molecule has 0 radical (unpaired) electrons. The highest BCUT2D eigenvalue weighted by Gasteiger charge is 2.34. The number of ether oxygens (including phenoxy) is 1. The first-order chi connectivity index (χ1) is 16.7. The zero-order valence-electron chi connectivity index (χ0n) is 21.3. The Kier molecular flexibility index (Phi) is 7.50. The maximum absolute atomic E-state index is 5.62. The van der Waals surface area contributed by atoms with Crippen LogP contribution in [0.25, 0.3) is 0 Å². The highest BCUT2D eigenvalue weighted by atomic mass is 16.5. The van der Waals surface area contributed by atoms with Gasteiger partial charge in [-0.05, 0) is 72.9 Å². The molecule has 5 nitrogen and oxygen atoms in total. The average molecular weight is 466 g/mol. The van der Waals surface area contributed by atoms with Crippen molar-refractivity contribution < 1.29 is 9.15 Å². The maximum Gasteiger partial charge on any atom is 0.117 e. The molecule has 3 fully saturated rings. The quantitative estimate of drug-likeness (QED) is 0.508. The van der Waals surface area contributed by atoms with Crippen LogP contribution in [0.2, 0.25) is 0 Å². The van der Waals surface area contributed by atoms with Crippen LogP contribution in [0.4, 0.5) is 11.4 Å². The molecule has 0 N–H and O–H groups in total. The largest absolute Gasteiger partial charge is 0.468 e. The minimum absolute atomic E-state index is 0.579. The van der Waals surface area contributed by atoms with Crippen LogP contribution < -0.4 is 9.80 Å². The van der Waals surface area contributed by atoms with Crippen LogP contribution in [0.3, 0.4) is 0 Å². The molecule has 1 aliphatic carbocycles. The first kappa shape index (κ1) is 23.7. The number of nitrogens with zero attached hydrogens (tertiary/aromatic N) is 3. The van der Waals surface area contributed by atoms with E-state index in [4.69, 9.17) is 9.15 Å². The van der Waals surface area contributed by atoms with Gasteiger partial charge in [-0.25, -0.2) is 0 Å². The van der Waals surface area contributed by atoms with Crippen molar-refractivity contribution in [2.24, 2.45) is 5.41 Å². The molecule has 1 aromatic carbocycles. The Morgan fingerprint density at radius 3 is 2.26 bits per heavy atom. The summed E-state index contributed by atoms with van der Waals surface area (Å²) in [5.41, 5.74) is 5.06. The fourth-order valence-electron chi connectivity index (χ4n) is 6.44. The van der Waals surface area contributed by atoms with E-state index < -0.39 is 0 Å². The zero-order valence-corrected chi connectivity index (χ0v) is 21.3. The SMILES string of the molecule is CCC1(CC)CCC(c2cc(N3CCOCC3)ccc2N2CCN(Cc3ccco3)CC2)CC1. The lowest BCUT2D eigenvalue weighted by Gasteiger charge is -2.42. The van der Waals surface area contributed by atoms with Crippen LogP contribution in [0, 0.1) is 5.41 Å². The molecule has 34 heavy (non-hydrogen) atoms. The molecule has 186 valence electrons. The Bertz CT molecular complexity index is 884. The van der Waals surface area contributed by atoms with Crippen molar-refractivity contribution in [3.63, 3.8) is 0 Å². The molecule has 2 aliphatic heterocycles. The van der Waals surface area contributed by atoms with Gasteiger partial charge in [-0.2, -0.15) is 0 Å². The molecule has 1 saturated carbocycles. The molecule has 0 spiro atoms. The molecule has 0 amide bonds. The van der Waals surface area contributed by atoms with Crippen LogP contribution in [-0.4, -0.2) is 57.4 Å². The van der Waals surface area contributed by atoms with Gasteiger partial charge in [-0.15, -0.1) is 0 Å². The first-order valence-electron chi connectivity index (χ1n) is 13.7. The fraction of sp³-hybridized carbons (Fsp3) is 0.655. The number of hydrogen-bond donors (Lipinski definition) is 0. The number of rotatable bonds is 7. The molecule has 3 heterocycles. The van der Waals surface area contributed by atoms with Gasteiger partial charge in [0.1, 0.15) is 5.76 Å². The van der Waals surface area contributed by atoms with Crippen LogP contribution in [-0.2, 0) is 11.3 Å². The molecule has 5 rings (SSSR count). The summed E-state index contributed by atoms with van der Waals surface area (Å²) >= 11 is 0. The molecule has 1 aromatic heterocycles. The van der Waals surface area contributed by atoms with E-state index in [9.17, 15) is 0 Å². The summed E-state index contributed by atoms with van der Waals surface area (Å²) in [7, 11) is 0. The third-order valence-corrected chi connectivity index (χ3v) is 9.05. The van der Waals surface area contributed by atoms with Crippen molar-refractivity contribution in [1.29, 1.82) is 0 Å². The van der Waals surface area contributed by atoms with Crippen molar-refractivity contribution in [3.05, 3.63) is 47.9 Å². The summed E-state index contributed by atoms with van der Waals surface area (Å²) in [4.78, 5) is 7.69. The molecule has 5 heteroatoms. The highest BCUT2D eigenvalue weighted by Crippen LogP contribution is 2.49. The summed E-state index contributed by atoms with van der Waals surface area (Å²) in [5.74, 6) is 1.75. The Balaban J connectivity index is 1.34. The van der Waals surface area contributed by atoms with Crippen molar-refractivity contribution in [1.82, 2.24) is 4.90 Å². The van der Waals surface area contributed by atoms with Gasteiger partial charge >= 0.3 is 0 Å². The van der Waals surface area contributed by atoms with E-state index in [-0.39, 0.29) is 0 Å². The lowest BCUT2D eigenvalue weighted by Crippen LogP contribution is -2.46. The van der Waals surface area contributed by atoms with E-state index >= 15 is 0 Å². The third-order valence-electron chi connectivity index (χ3n) is 9.05. The molecule has 0 bridgehead atoms. The molecule has 3 aliphatic rings. The number of benzene rings is 1. The Morgan fingerprint density at radius 2 is 1.62 bits per heavy atom. The predicted molar refractivity (Wildman–Crippen MR) is 140 cm³/mol.